The summed E-state index contributed by atoms with van der Waals surface area (Å²) in [5.41, 5.74) is 4.40. The van der Waals surface area contributed by atoms with Crippen LogP contribution in [0.25, 0.3) is 5.69 Å². The van der Waals surface area contributed by atoms with E-state index in [0.717, 1.165) is 40.2 Å². The highest BCUT2D eigenvalue weighted by Crippen LogP contribution is 2.23. The average Bonchev–Trinajstić information content (AvgIpc) is 3.41. The molecule has 5 rings (SSSR count). The summed E-state index contributed by atoms with van der Waals surface area (Å²) in [5.74, 6) is 0.0960. The Labute approximate surface area is 233 Å². The summed E-state index contributed by atoms with van der Waals surface area (Å²) in [6.45, 7) is 4.80. The molecule has 194 valence electrons. The van der Waals surface area contributed by atoms with E-state index in [-0.39, 0.29) is 17.6 Å². The summed E-state index contributed by atoms with van der Waals surface area (Å²) < 4.78 is 2.55. The highest BCUT2D eigenvalue weighted by molar-refractivity contribution is 9.10. The third kappa shape index (κ3) is 6.05. The van der Waals surface area contributed by atoms with Crippen LogP contribution in [0.5, 0.6) is 0 Å². The maximum atomic E-state index is 12.8. The number of aromatic nitrogens is 4. The van der Waals surface area contributed by atoms with Crippen molar-refractivity contribution in [3.63, 3.8) is 0 Å². The van der Waals surface area contributed by atoms with Gasteiger partial charge in [-0.25, -0.2) is 0 Å². The van der Waals surface area contributed by atoms with Gasteiger partial charge in [-0.15, -0.1) is 5.10 Å². The van der Waals surface area contributed by atoms with Crippen molar-refractivity contribution in [2.24, 2.45) is 0 Å². The van der Waals surface area contributed by atoms with Crippen molar-refractivity contribution in [3.05, 3.63) is 88.4 Å². The van der Waals surface area contributed by atoms with Gasteiger partial charge < -0.3 is 15.1 Å². The number of carbonyl (C=O) groups is 2. The normalized spacial score (nSPS) is 13.4. The molecular weight excluding hydrogens is 566 g/mol. The van der Waals surface area contributed by atoms with Gasteiger partial charge in [0.25, 0.3) is 5.91 Å². The minimum absolute atomic E-state index is 0.0508. The highest BCUT2D eigenvalue weighted by Gasteiger charge is 2.22. The van der Waals surface area contributed by atoms with Crippen molar-refractivity contribution < 1.29 is 9.59 Å². The number of anilines is 2. The fourth-order valence-corrected chi connectivity index (χ4v) is 5.36. The van der Waals surface area contributed by atoms with Crippen molar-refractivity contribution in [1.29, 1.82) is 0 Å². The molecule has 2 amide bonds. The molecule has 1 N–H and O–H groups in total. The van der Waals surface area contributed by atoms with E-state index in [0.29, 0.717) is 23.8 Å². The van der Waals surface area contributed by atoms with Crippen LogP contribution in [0.2, 0.25) is 0 Å². The van der Waals surface area contributed by atoms with Gasteiger partial charge in [-0.05, 0) is 71.4 Å². The molecule has 0 spiro atoms. The lowest BCUT2D eigenvalue weighted by atomic mass is 10.1. The summed E-state index contributed by atoms with van der Waals surface area (Å²) in [7, 11) is 0. The van der Waals surface area contributed by atoms with E-state index in [1.165, 1.54) is 11.8 Å². The van der Waals surface area contributed by atoms with Crippen molar-refractivity contribution >= 4 is 50.9 Å². The van der Waals surface area contributed by atoms with Crippen molar-refractivity contribution in [2.75, 3.05) is 42.1 Å². The Balaban J connectivity index is 1.12. The number of hydrogen-bond donors (Lipinski definition) is 1. The van der Waals surface area contributed by atoms with Crippen LogP contribution in [0.3, 0.4) is 0 Å². The number of rotatable bonds is 7. The van der Waals surface area contributed by atoms with Gasteiger partial charge in [0.1, 0.15) is 0 Å². The molecule has 2 heterocycles. The summed E-state index contributed by atoms with van der Waals surface area (Å²) in [4.78, 5) is 29.5. The van der Waals surface area contributed by atoms with Crippen molar-refractivity contribution in [1.82, 2.24) is 25.1 Å². The number of piperazine rings is 1. The Bertz CT molecular complexity index is 1440. The monoisotopic (exact) mass is 591 g/mol. The van der Waals surface area contributed by atoms with E-state index in [4.69, 9.17) is 0 Å². The van der Waals surface area contributed by atoms with Gasteiger partial charge >= 0.3 is 0 Å². The lowest BCUT2D eigenvalue weighted by Gasteiger charge is -2.36. The molecule has 0 bridgehead atoms. The standard InChI is InChI=1S/C27H26BrN7O2S/c1-19-5-2-3-8-24(19)35-27(30-31-32-35)38-18-25(36)29-22-9-11-23(12-10-22)33-13-15-34(16-14-33)26(37)20-6-4-7-21(28)17-20/h2-12,17H,13-16,18H2,1H3,(H,29,36). The Morgan fingerprint density at radius 1 is 0.974 bits per heavy atom. The first kappa shape index (κ1) is 25.9. The van der Waals surface area contributed by atoms with Gasteiger partial charge in [-0.2, -0.15) is 4.68 Å². The summed E-state index contributed by atoms with van der Waals surface area (Å²) in [6.07, 6.45) is 0. The Morgan fingerprint density at radius 3 is 2.47 bits per heavy atom. The molecule has 3 aromatic carbocycles. The molecule has 1 fully saturated rings. The number of amides is 2. The molecule has 1 aromatic heterocycles. The second-order valence-corrected chi connectivity index (χ2v) is 10.7. The number of para-hydroxylation sites is 1. The van der Waals surface area contributed by atoms with E-state index >= 15 is 0 Å². The number of aryl methyl sites for hydroxylation is 1. The third-order valence-electron chi connectivity index (χ3n) is 6.27. The lowest BCUT2D eigenvalue weighted by molar-refractivity contribution is -0.113. The van der Waals surface area contributed by atoms with Gasteiger partial charge in [0.2, 0.25) is 11.1 Å². The Hall–Kier alpha value is -3.70. The molecule has 0 saturated carbocycles. The number of nitrogens with one attached hydrogen (secondary N) is 1. The smallest absolute Gasteiger partial charge is 0.254 e. The van der Waals surface area contributed by atoms with Crippen LogP contribution < -0.4 is 10.2 Å². The topological polar surface area (TPSA) is 96.2 Å². The van der Waals surface area contributed by atoms with Crippen LogP contribution in [-0.4, -0.2) is 68.9 Å². The van der Waals surface area contributed by atoms with E-state index in [9.17, 15) is 9.59 Å². The highest BCUT2D eigenvalue weighted by atomic mass is 79.9. The van der Waals surface area contributed by atoms with Crippen LogP contribution in [-0.2, 0) is 4.79 Å². The molecule has 0 atom stereocenters. The number of thioether (sulfide) groups is 1. The fourth-order valence-electron chi connectivity index (χ4n) is 4.28. The number of halogens is 1. The average molecular weight is 593 g/mol. The van der Waals surface area contributed by atoms with Crippen LogP contribution >= 0.6 is 27.7 Å². The van der Waals surface area contributed by atoms with Gasteiger partial charge in [-0.3, -0.25) is 9.59 Å². The molecule has 1 saturated heterocycles. The van der Waals surface area contributed by atoms with Crippen molar-refractivity contribution in [3.8, 4) is 5.69 Å². The summed E-state index contributed by atoms with van der Waals surface area (Å²) in [5, 5.41) is 15.4. The van der Waals surface area contributed by atoms with Gasteiger partial charge in [0.05, 0.1) is 11.4 Å². The lowest BCUT2D eigenvalue weighted by Crippen LogP contribution is -2.48. The Kier molecular flexibility index (Phi) is 8.04. The maximum Gasteiger partial charge on any atom is 0.254 e. The van der Waals surface area contributed by atoms with Crippen molar-refractivity contribution in [2.45, 2.75) is 12.1 Å². The molecule has 4 aromatic rings. The zero-order valence-corrected chi connectivity index (χ0v) is 23.2. The number of nitrogens with zero attached hydrogens (tertiary/aromatic N) is 6. The molecule has 11 heteroatoms. The van der Waals surface area contributed by atoms with E-state index in [1.807, 2.05) is 84.6 Å². The first-order valence-electron chi connectivity index (χ1n) is 12.1. The number of carbonyl (C=O) groups excluding carboxylic acids is 2. The minimum Gasteiger partial charge on any atom is -0.368 e. The summed E-state index contributed by atoms with van der Waals surface area (Å²) >= 11 is 4.72. The molecular formula is C27H26BrN7O2S. The van der Waals surface area contributed by atoms with E-state index in [2.05, 4.69) is 41.7 Å². The van der Waals surface area contributed by atoms with Crippen LogP contribution in [0.1, 0.15) is 15.9 Å². The molecule has 9 nitrogen and oxygen atoms in total. The number of tetrazole rings is 1. The van der Waals surface area contributed by atoms with Crippen LogP contribution in [0.15, 0.2) is 82.4 Å². The predicted molar refractivity (Wildman–Crippen MR) is 152 cm³/mol. The number of benzene rings is 3. The SMILES string of the molecule is Cc1ccccc1-n1nnnc1SCC(=O)Nc1ccc(N2CCN(C(=O)c3cccc(Br)c3)CC2)cc1. The minimum atomic E-state index is -0.137. The molecule has 38 heavy (non-hydrogen) atoms. The predicted octanol–water partition coefficient (Wildman–Crippen LogP) is 4.43. The third-order valence-corrected chi connectivity index (χ3v) is 7.68. The summed E-state index contributed by atoms with van der Waals surface area (Å²) in [6, 6.07) is 23.1. The molecule has 1 aliphatic rings. The molecule has 0 unspecified atom stereocenters. The fraction of sp³-hybridized carbons (Fsp3) is 0.222. The molecule has 0 radical (unpaired) electrons. The first-order chi connectivity index (χ1) is 18.5. The maximum absolute atomic E-state index is 12.8. The molecule has 0 aliphatic carbocycles. The first-order valence-corrected chi connectivity index (χ1v) is 13.9. The second-order valence-electron chi connectivity index (χ2n) is 8.83. The number of hydrogen-bond acceptors (Lipinski definition) is 7. The van der Waals surface area contributed by atoms with Gasteiger partial charge in [0.15, 0.2) is 0 Å². The van der Waals surface area contributed by atoms with E-state index in [1.54, 1.807) is 4.68 Å². The van der Waals surface area contributed by atoms with Gasteiger partial charge in [-0.1, -0.05) is 52.0 Å². The quantitative estimate of drug-likeness (QED) is 0.318. The van der Waals surface area contributed by atoms with Gasteiger partial charge in [0, 0.05) is 47.6 Å². The zero-order valence-electron chi connectivity index (χ0n) is 20.7. The molecule has 1 aliphatic heterocycles. The van der Waals surface area contributed by atoms with E-state index < -0.39 is 0 Å². The van der Waals surface area contributed by atoms with Crippen LogP contribution in [0, 0.1) is 6.92 Å². The second kappa shape index (κ2) is 11.8. The zero-order chi connectivity index (χ0) is 26.5. The largest absolute Gasteiger partial charge is 0.368 e. The van der Waals surface area contributed by atoms with Crippen LogP contribution in [0.4, 0.5) is 11.4 Å². The Morgan fingerprint density at radius 2 is 1.74 bits per heavy atom.